The van der Waals surface area contributed by atoms with Gasteiger partial charge in [-0.2, -0.15) is 5.26 Å². The molecule has 1 amide bonds. The van der Waals surface area contributed by atoms with E-state index in [1.54, 1.807) is 36.4 Å². The maximum atomic E-state index is 12.9. The first-order chi connectivity index (χ1) is 16.9. The fourth-order valence-corrected chi connectivity index (χ4v) is 5.16. The van der Waals surface area contributed by atoms with Gasteiger partial charge in [-0.15, -0.1) is 0 Å². The fourth-order valence-electron chi connectivity index (χ4n) is 3.55. The van der Waals surface area contributed by atoms with E-state index in [-0.39, 0.29) is 5.57 Å². The van der Waals surface area contributed by atoms with E-state index in [0.29, 0.717) is 31.5 Å². The Kier molecular flexibility index (Phi) is 7.45. The molecular weight excluding hydrogens is 572 g/mol. The number of nitriles is 1. The molecule has 4 aromatic carbocycles. The number of halogens is 2. The van der Waals surface area contributed by atoms with Gasteiger partial charge in [-0.25, -0.2) is 4.79 Å². The largest absolute Gasteiger partial charge is 0.423 e. The Morgan fingerprint density at radius 3 is 2.37 bits per heavy atom. The lowest BCUT2D eigenvalue weighted by molar-refractivity contribution is -0.112. The highest BCUT2D eigenvalue weighted by atomic mass is 79.9. The molecule has 0 aromatic heterocycles. The van der Waals surface area contributed by atoms with Crippen LogP contribution in [0.2, 0.25) is 0 Å². The van der Waals surface area contributed by atoms with Crippen LogP contribution in [-0.2, 0) is 4.79 Å². The Hall–Kier alpha value is -3.73. The third-order valence-corrected chi connectivity index (χ3v) is 6.43. The average Bonchev–Trinajstić information content (AvgIpc) is 2.84. The Morgan fingerprint density at radius 2 is 1.63 bits per heavy atom. The van der Waals surface area contributed by atoms with E-state index in [0.717, 1.165) is 16.3 Å². The molecule has 0 saturated heterocycles. The van der Waals surface area contributed by atoms with Gasteiger partial charge in [-0.1, -0.05) is 48.5 Å². The van der Waals surface area contributed by atoms with Crippen molar-refractivity contribution in [1.82, 2.24) is 0 Å². The van der Waals surface area contributed by atoms with Crippen LogP contribution < -0.4 is 10.1 Å². The average molecular weight is 590 g/mol. The molecular formula is C28H18Br2N2O3. The van der Waals surface area contributed by atoms with Crippen molar-refractivity contribution in [3.63, 3.8) is 0 Å². The Bertz CT molecular complexity index is 1510. The quantitative estimate of drug-likeness (QED) is 0.114. The first-order valence-corrected chi connectivity index (χ1v) is 12.1. The summed E-state index contributed by atoms with van der Waals surface area (Å²) in [5, 5.41) is 14.1. The maximum Gasteiger partial charge on any atom is 0.344 e. The minimum Gasteiger partial charge on any atom is -0.423 e. The summed E-state index contributed by atoms with van der Waals surface area (Å²) in [6, 6.07) is 25.4. The number of aryl methyl sites for hydroxylation is 1. The van der Waals surface area contributed by atoms with Crippen molar-refractivity contribution in [2.75, 3.05) is 5.32 Å². The van der Waals surface area contributed by atoms with Crippen LogP contribution in [0.1, 0.15) is 21.5 Å². The number of fused-ring (bicyclic) bond motifs is 1. The number of hydrogen-bond acceptors (Lipinski definition) is 4. The van der Waals surface area contributed by atoms with E-state index >= 15 is 0 Å². The molecule has 35 heavy (non-hydrogen) atoms. The molecule has 4 rings (SSSR count). The van der Waals surface area contributed by atoms with Crippen LogP contribution in [0.5, 0.6) is 5.75 Å². The molecule has 5 nitrogen and oxygen atoms in total. The van der Waals surface area contributed by atoms with Gasteiger partial charge < -0.3 is 10.1 Å². The molecule has 0 unspecified atom stereocenters. The van der Waals surface area contributed by atoms with E-state index in [2.05, 4.69) is 37.2 Å². The number of hydrogen-bond donors (Lipinski definition) is 1. The Balaban J connectivity index is 1.56. The van der Waals surface area contributed by atoms with Crippen LogP contribution in [0.25, 0.3) is 16.8 Å². The summed E-state index contributed by atoms with van der Waals surface area (Å²) in [4.78, 5) is 25.6. The van der Waals surface area contributed by atoms with Crippen LogP contribution in [0.3, 0.4) is 0 Å². The highest BCUT2D eigenvalue weighted by Crippen LogP contribution is 2.32. The smallest absolute Gasteiger partial charge is 0.344 e. The highest BCUT2D eigenvalue weighted by Gasteiger charge is 2.15. The Labute approximate surface area is 219 Å². The van der Waals surface area contributed by atoms with Gasteiger partial charge in [0.25, 0.3) is 5.91 Å². The third-order valence-electron chi connectivity index (χ3n) is 5.18. The molecule has 0 bridgehead atoms. The zero-order valence-electron chi connectivity index (χ0n) is 18.5. The SMILES string of the molecule is Cc1cc(Br)c(NC(=O)/C(C#N)=C/c2cccc(OC(=O)c3cccc4ccccc34)c2)c(Br)c1. The number of rotatable bonds is 5. The van der Waals surface area contributed by atoms with E-state index < -0.39 is 11.9 Å². The summed E-state index contributed by atoms with van der Waals surface area (Å²) in [5.41, 5.74) is 2.44. The number of nitrogens with zero attached hydrogens (tertiary/aromatic N) is 1. The van der Waals surface area contributed by atoms with Gasteiger partial charge >= 0.3 is 5.97 Å². The first kappa shape index (κ1) is 24.4. The third kappa shape index (κ3) is 5.68. The summed E-state index contributed by atoms with van der Waals surface area (Å²) < 4.78 is 6.98. The minimum atomic E-state index is -0.559. The van der Waals surface area contributed by atoms with Crippen molar-refractivity contribution >= 4 is 66.3 Å². The topological polar surface area (TPSA) is 79.2 Å². The number of amides is 1. The summed E-state index contributed by atoms with van der Waals surface area (Å²) >= 11 is 6.87. The fraction of sp³-hybridized carbons (Fsp3) is 0.0357. The predicted molar refractivity (Wildman–Crippen MR) is 144 cm³/mol. The second-order valence-electron chi connectivity index (χ2n) is 7.72. The number of ether oxygens (including phenoxy) is 1. The van der Waals surface area contributed by atoms with E-state index in [9.17, 15) is 14.9 Å². The lowest BCUT2D eigenvalue weighted by Gasteiger charge is -2.10. The van der Waals surface area contributed by atoms with E-state index in [1.807, 2.05) is 55.5 Å². The van der Waals surface area contributed by atoms with E-state index in [4.69, 9.17) is 4.74 Å². The molecule has 0 fully saturated rings. The van der Waals surface area contributed by atoms with Crippen molar-refractivity contribution in [2.24, 2.45) is 0 Å². The second kappa shape index (κ2) is 10.7. The lowest BCUT2D eigenvalue weighted by Crippen LogP contribution is -2.14. The van der Waals surface area contributed by atoms with Crippen LogP contribution in [-0.4, -0.2) is 11.9 Å². The monoisotopic (exact) mass is 588 g/mol. The lowest BCUT2D eigenvalue weighted by atomic mass is 10.0. The van der Waals surface area contributed by atoms with Crippen LogP contribution in [0, 0.1) is 18.3 Å². The molecule has 0 aliphatic carbocycles. The zero-order chi connectivity index (χ0) is 24.9. The first-order valence-electron chi connectivity index (χ1n) is 10.5. The number of esters is 1. The van der Waals surface area contributed by atoms with Crippen molar-refractivity contribution in [3.8, 4) is 11.8 Å². The molecule has 0 heterocycles. The van der Waals surface area contributed by atoms with Crippen molar-refractivity contribution in [1.29, 1.82) is 5.26 Å². The molecule has 4 aromatic rings. The predicted octanol–water partition coefficient (Wildman–Crippen LogP) is 7.44. The summed E-state index contributed by atoms with van der Waals surface area (Å²) in [5.74, 6) is -0.746. The summed E-state index contributed by atoms with van der Waals surface area (Å²) in [7, 11) is 0. The van der Waals surface area contributed by atoms with Gasteiger partial charge in [-0.3, -0.25) is 4.79 Å². The molecule has 0 radical (unpaired) electrons. The number of benzene rings is 4. The molecule has 0 aliphatic heterocycles. The molecule has 172 valence electrons. The van der Waals surface area contributed by atoms with Gasteiger partial charge in [-0.05, 0) is 97.1 Å². The van der Waals surface area contributed by atoms with Crippen molar-refractivity contribution in [2.45, 2.75) is 6.92 Å². The summed E-state index contributed by atoms with van der Waals surface area (Å²) in [6.07, 6.45) is 1.45. The van der Waals surface area contributed by atoms with Gasteiger partial charge in [0.1, 0.15) is 17.4 Å². The number of anilines is 1. The molecule has 0 aliphatic rings. The maximum absolute atomic E-state index is 12.9. The van der Waals surface area contributed by atoms with Crippen LogP contribution in [0.15, 0.2) is 93.4 Å². The molecule has 0 saturated carbocycles. The summed E-state index contributed by atoms with van der Waals surface area (Å²) in [6.45, 7) is 1.93. The van der Waals surface area contributed by atoms with Crippen molar-refractivity contribution in [3.05, 3.63) is 110 Å². The molecule has 0 spiro atoms. The normalized spacial score (nSPS) is 11.1. The van der Waals surface area contributed by atoms with Crippen molar-refractivity contribution < 1.29 is 14.3 Å². The van der Waals surface area contributed by atoms with Gasteiger partial charge in [0.05, 0.1) is 11.3 Å². The molecule has 7 heteroatoms. The van der Waals surface area contributed by atoms with E-state index in [1.165, 1.54) is 6.08 Å². The minimum absolute atomic E-state index is 0.0955. The zero-order valence-corrected chi connectivity index (χ0v) is 21.7. The standard InChI is InChI=1S/C28H18Br2N2O3/c1-17-12-24(29)26(25(30)13-17)32-27(33)20(16-31)14-18-6-4-9-21(15-18)35-28(34)23-11-5-8-19-7-2-3-10-22(19)23/h2-15H,1H3,(H,32,33)/b20-14+. The molecule has 0 atom stereocenters. The second-order valence-corrected chi connectivity index (χ2v) is 9.42. The van der Waals surface area contributed by atoms with Crippen LogP contribution in [0.4, 0.5) is 5.69 Å². The van der Waals surface area contributed by atoms with Crippen LogP contribution >= 0.6 is 31.9 Å². The number of carbonyl (C=O) groups is 2. The highest BCUT2D eigenvalue weighted by molar-refractivity contribution is 9.11. The van der Waals surface area contributed by atoms with Gasteiger partial charge in [0, 0.05) is 8.95 Å². The number of nitrogens with one attached hydrogen (secondary N) is 1. The Morgan fingerprint density at radius 1 is 0.943 bits per heavy atom. The van der Waals surface area contributed by atoms with Gasteiger partial charge in [0.2, 0.25) is 0 Å². The van der Waals surface area contributed by atoms with Gasteiger partial charge in [0.15, 0.2) is 0 Å². The number of carbonyl (C=O) groups excluding carboxylic acids is 2. The molecule has 1 N–H and O–H groups in total.